The molecule has 1 N–H and O–H groups in total. The zero-order valence-electron chi connectivity index (χ0n) is 14.0. The Kier molecular flexibility index (Phi) is 8.24. The number of likely N-dealkylation sites (tertiary alicyclic amines) is 1. The predicted molar refractivity (Wildman–Crippen MR) is 104 cm³/mol. The summed E-state index contributed by atoms with van der Waals surface area (Å²) in [5, 5.41) is 6.54. The third kappa shape index (κ3) is 5.30. The van der Waals surface area contributed by atoms with Crippen LogP contribution in [0.2, 0.25) is 0 Å². The summed E-state index contributed by atoms with van der Waals surface area (Å²) in [7, 11) is 3.21. The van der Waals surface area contributed by atoms with Crippen molar-refractivity contribution in [3.63, 3.8) is 0 Å². The van der Waals surface area contributed by atoms with Crippen LogP contribution in [0.15, 0.2) is 10.4 Å². The lowest BCUT2D eigenvalue weighted by molar-refractivity contribution is -0.145. The number of aryl methyl sites for hydroxylation is 1. The van der Waals surface area contributed by atoms with Gasteiger partial charge in [0.25, 0.3) is 0 Å². The Bertz CT molecular complexity index is 549. The van der Waals surface area contributed by atoms with Gasteiger partial charge in [0.05, 0.1) is 23.7 Å². The molecular formula is C15H25IN4O2S. The van der Waals surface area contributed by atoms with Gasteiger partial charge in [-0.3, -0.25) is 9.79 Å². The minimum Gasteiger partial charge on any atom is -0.469 e. The van der Waals surface area contributed by atoms with E-state index in [1.807, 2.05) is 6.92 Å². The molecule has 1 aliphatic rings. The molecule has 1 aromatic heterocycles. The molecule has 0 saturated carbocycles. The van der Waals surface area contributed by atoms with Crippen molar-refractivity contribution < 1.29 is 9.53 Å². The van der Waals surface area contributed by atoms with E-state index in [2.05, 4.69) is 32.5 Å². The molecule has 130 valence electrons. The van der Waals surface area contributed by atoms with E-state index >= 15 is 0 Å². The third-order valence-electron chi connectivity index (χ3n) is 3.96. The first-order valence-electron chi connectivity index (χ1n) is 7.49. The number of ether oxygens (including phenoxy) is 1. The molecule has 0 spiro atoms. The Hall–Kier alpha value is -0.900. The standard InChI is InChI=1S/C15H24N4O2S.HI/c1-10-7-19(8-13(10)14(20)21-4)15(16-3)17-6-5-12-9-22-11(2)18-12;/h9-10,13H,5-8H2,1-4H3,(H,16,17);1H. The van der Waals surface area contributed by atoms with E-state index in [-0.39, 0.29) is 41.8 Å². The maximum Gasteiger partial charge on any atom is 0.310 e. The Balaban J connectivity index is 0.00000264. The molecule has 0 amide bonds. The normalized spacial score (nSPS) is 21.0. The van der Waals surface area contributed by atoms with E-state index in [9.17, 15) is 4.79 Å². The minimum atomic E-state index is -0.136. The number of carbonyl (C=O) groups is 1. The summed E-state index contributed by atoms with van der Waals surface area (Å²) in [4.78, 5) is 22.7. The van der Waals surface area contributed by atoms with Gasteiger partial charge in [0.2, 0.25) is 0 Å². The number of hydrogen-bond donors (Lipinski definition) is 1. The molecule has 8 heteroatoms. The Morgan fingerprint density at radius 2 is 2.30 bits per heavy atom. The summed E-state index contributed by atoms with van der Waals surface area (Å²) in [6.07, 6.45) is 0.868. The number of nitrogens with zero attached hydrogens (tertiary/aromatic N) is 3. The fraction of sp³-hybridized carbons (Fsp3) is 0.667. The SMILES string of the molecule is CN=C(NCCc1csc(C)n1)N1CC(C)C(C(=O)OC)C1.I. The van der Waals surface area contributed by atoms with Crippen LogP contribution in [0.1, 0.15) is 17.6 Å². The van der Waals surface area contributed by atoms with Gasteiger partial charge >= 0.3 is 5.97 Å². The molecule has 0 aromatic carbocycles. The molecule has 1 aliphatic heterocycles. The van der Waals surface area contributed by atoms with Gasteiger partial charge in [-0.25, -0.2) is 4.98 Å². The summed E-state index contributed by atoms with van der Waals surface area (Å²) in [6.45, 7) is 6.34. The lowest BCUT2D eigenvalue weighted by Gasteiger charge is -2.21. The van der Waals surface area contributed by atoms with Crippen LogP contribution in [0.5, 0.6) is 0 Å². The quantitative estimate of drug-likeness (QED) is 0.327. The highest BCUT2D eigenvalue weighted by Gasteiger charge is 2.36. The van der Waals surface area contributed by atoms with Crippen molar-refractivity contribution in [2.75, 3.05) is 33.8 Å². The van der Waals surface area contributed by atoms with Crippen molar-refractivity contribution in [2.24, 2.45) is 16.8 Å². The number of methoxy groups -OCH3 is 1. The maximum atomic E-state index is 11.8. The number of guanidine groups is 1. The molecule has 6 nitrogen and oxygen atoms in total. The zero-order valence-corrected chi connectivity index (χ0v) is 17.2. The van der Waals surface area contributed by atoms with E-state index < -0.39 is 0 Å². The van der Waals surface area contributed by atoms with Crippen LogP contribution in [0, 0.1) is 18.8 Å². The number of carbonyl (C=O) groups excluding carboxylic acids is 1. The fourth-order valence-corrected chi connectivity index (χ4v) is 3.40. The van der Waals surface area contributed by atoms with Gasteiger partial charge in [0, 0.05) is 38.5 Å². The van der Waals surface area contributed by atoms with E-state index in [0.29, 0.717) is 6.54 Å². The van der Waals surface area contributed by atoms with Crippen LogP contribution in [0.4, 0.5) is 0 Å². The fourth-order valence-electron chi connectivity index (χ4n) is 2.76. The van der Waals surface area contributed by atoms with Crippen LogP contribution >= 0.6 is 35.3 Å². The van der Waals surface area contributed by atoms with E-state index in [4.69, 9.17) is 4.74 Å². The number of aromatic nitrogens is 1. The number of halogens is 1. The monoisotopic (exact) mass is 452 g/mol. The van der Waals surface area contributed by atoms with Gasteiger partial charge in [-0.15, -0.1) is 35.3 Å². The maximum absolute atomic E-state index is 11.8. The van der Waals surface area contributed by atoms with Crippen LogP contribution in [0.3, 0.4) is 0 Å². The molecule has 1 fully saturated rings. The molecule has 23 heavy (non-hydrogen) atoms. The van der Waals surface area contributed by atoms with Gasteiger partial charge in [0.1, 0.15) is 0 Å². The predicted octanol–water partition coefficient (Wildman–Crippen LogP) is 1.93. The summed E-state index contributed by atoms with van der Waals surface area (Å²) < 4.78 is 4.87. The molecule has 1 aromatic rings. The average molecular weight is 452 g/mol. The van der Waals surface area contributed by atoms with Crippen LogP contribution in [-0.4, -0.2) is 55.6 Å². The number of aliphatic imine (C=N–C) groups is 1. The van der Waals surface area contributed by atoms with Gasteiger partial charge < -0.3 is 15.0 Å². The Morgan fingerprint density at radius 3 is 2.87 bits per heavy atom. The van der Waals surface area contributed by atoms with Crippen LogP contribution in [-0.2, 0) is 16.0 Å². The molecule has 1 saturated heterocycles. The first kappa shape index (κ1) is 20.1. The number of nitrogens with one attached hydrogen (secondary N) is 1. The lowest BCUT2D eigenvalue weighted by Crippen LogP contribution is -2.41. The van der Waals surface area contributed by atoms with Crippen molar-refractivity contribution in [2.45, 2.75) is 20.3 Å². The largest absolute Gasteiger partial charge is 0.469 e. The number of hydrogen-bond acceptors (Lipinski definition) is 5. The Labute approximate surface area is 158 Å². The topological polar surface area (TPSA) is 66.8 Å². The van der Waals surface area contributed by atoms with Crippen LogP contribution in [0.25, 0.3) is 0 Å². The minimum absolute atomic E-state index is 0. The first-order chi connectivity index (χ1) is 10.5. The number of thiazole rings is 1. The van der Waals surface area contributed by atoms with Crippen molar-refractivity contribution >= 4 is 47.2 Å². The molecule has 0 bridgehead atoms. The van der Waals surface area contributed by atoms with Crippen molar-refractivity contribution in [1.29, 1.82) is 0 Å². The highest BCUT2D eigenvalue weighted by atomic mass is 127. The molecule has 2 rings (SSSR count). The molecule has 0 aliphatic carbocycles. The Morgan fingerprint density at radius 1 is 1.57 bits per heavy atom. The van der Waals surface area contributed by atoms with Gasteiger partial charge in [-0.1, -0.05) is 6.92 Å². The highest BCUT2D eigenvalue weighted by Crippen LogP contribution is 2.24. The van der Waals surface area contributed by atoms with Crippen molar-refractivity contribution in [1.82, 2.24) is 15.2 Å². The van der Waals surface area contributed by atoms with E-state index in [1.165, 1.54) is 7.11 Å². The summed E-state index contributed by atoms with van der Waals surface area (Å²) in [5.41, 5.74) is 1.10. The van der Waals surface area contributed by atoms with E-state index in [0.717, 1.165) is 36.2 Å². The summed E-state index contributed by atoms with van der Waals surface area (Å²) >= 11 is 1.67. The second kappa shape index (κ2) is 9.41. The van der Waals surface area contributed by atoms with Crippen LogP contribution < -0.4 is 5.32 Å². The third-order valence-corrected chi connectivity index (χ3v) is 4.78. The van der Waals surface area contributed by atoms with Crippen molar-refractivity contribution in [3.8, 4) is 0 Å². The first-order valence-corrected chi connectivity index (χ1v) is 8.37. The average Bonchev–Trinajstić information content (AvgIpc) is 3.09. The second-order valence-corrected chi connectivity index (χ2v) is 6.66. The van der Waals surface area contributed by atoms with Gasteiger partial charge in [-0.05, 0) is 12.8 Å². The second-order valence-electron chi connectivity index (χ2n) is 5.59. The summed E-state index contributed by atoms with van der Waals surface area (Å²) in [5.74, 6) is 0.894. The number of esters is 1. The van der Waals surface area contributed by atoms with Crippen molar-refractivity contribution in [3.05, 3.63) is 16.1 Å². The smallest absolute Gasteiger partial charge is 0.310 e. The zero-order chi connectivity index (χ0) is 16.1. The van der Waals surface area contributed by atoms with E-state index in [1.54, 1.807) is 18.4 Å². The lowest BCUT2D eigenvalue weighted by atomic mass is 9.99. The molecule has 2 unspecified atom stereocenters. The molecule has 2 atom stereocenters. The van der Waals surface area contributed by atoms with Gasteiger partial charge in [0.15, 0.2) is 5.96 Å². The molecule has 2 heterocycles. The highest BCUT2D eigenvalue weighted by molar-refractivity contribution is 14.0. The number of rotatable bonds is 4. The molecule has 0 radical (unpaired) electrons. The molecular weight excluding hydrogens is 427 g/mol. The summed E-state index contributed by atoms with van der Waals surface area (Å²) in [6, 6.07) is 0. The van der Waals surface area contributed by atoms with Gasteiger partial charge in [-0.2, -0.15) is 0 Å².